The first-order valence-electron chi connectivity index (χ1n) is 7.17. The third-order valence-electron chi connectivity index (χ3n) is 3.17. The number of alkyl halides is 3. The molecule has 0 unspecified atom stereocenters. The van der Waals surface area contributed by atoms with Gasteiger partial charge in [-0.15, -0.1) is 0 Å². The second kappa shape index (κ2) is 7.85. The van der Waals surface area contributed by atoms with E-state index in [0.29, 0.717) is 6.54 Å². The van der Waals surface area contributed by atoms with E-state index in [2.05, 4.69) is 16.0 Å². The number of halogens is 3. The molecule has 0 bridgehead atoms. The smallest absolute Gasteiger partial charge is 0.355 e. The molecule has 0 saturated carbocycles. The summed E-state index contributed by atoms with van der Waals surface area (Å²) >= 11 is 0. The summed E-state index contributed by atoms with van der Waals surface area (Å²) in [6.07, 6.45) is -4.50. The number of rotatable bonds is 5. The molecule has 5 nitrogen and oxygen atoms in total. The molecule has 1 rings (SSSR count). The predicted octanol–water partition coefficient (Wildman–Crippen LogP) is 2.59. The number of nitrogens with one attached hydrogen (secondary N) is 3. The van der Waals surface area contributed by atoms with Gasteiger partial charge >= 0.3 is 12.2 Å². The van der Waals surface area contributed by atoms with Crippen LogP contribution in [0.15, 0.2) is 24.3 Å². The quantitative estimate of drug-likeness (QED) is 0.776. The number of hydrogen-bond donors (Lipinski definition) is 3. The predicted molar refractivity (Wildman–Crippen MR) is 79.7 cm³/mol. The van der Waals surface area contributed by atoms with Crippen molar-refractivity contribution in [3.05, 3.63) is 35.4 Å². The number of benzene rings is 1. The number of hydrogen-bond acceptors (Lipinski definition) is 2. The lowest BCUT2D eigenvalue weighted by Crippen LogP contribution is -2.48. The van der Waals surface area contributed by atoms with E-state index in [9.17, 15) is 22.8 Å². The van der Waals surface area contributed by atoms with Gasteiger partial charge in [0.25, 0.3) is 0 Å². The van der Waals surface area contributed by atoms with Gasteiger partial charge in [-0.1, -0.05) is 18.2 Å². The summed E-state index contributed by atoms with van der Waals surface area (Å²) in [5.41, 5.74) is -0.842. The van der Waals surface area contributed by atoms with Crippen LogP contribution in [0, 0.1) is 0 Å². The third-order valence-corrected chi connectivity index (χ3v) is 3.17. The number of amides is 3. The van der Waals surface area contributed by atoms with Gasteiger partial charge in [0.15, 0.2) is 0 Å². The highest BCUT2D eigenvalue weighted by Crippen LogP contribution is 2.34. The van der Waals surface area contributed by atoms with Crippen LogP contribution in [0.1, 0.15) is 37.9 Å². The highest BCUT2D eigenvalue weighted by atomic mass is 19.4. The molecule has 128 valence electrons. The minimum atomic E-state index is -4.50. The van der Waals surface area contributed by atoms with Gasteiger partial charge in [0.2, 0.25) is 5.91 Å². The molecule has 0 heterocycles. The van der Waals surface area contributed by atoms with Gasteiger partial charge in [-0.2, -0.15) is 13.2 Å². The van der Waals surface area contributed by atoms with Crippen LogP contribution in [0.5, 0.6) is 0 Å². The van der Waals surface area contributed by atoms with Gasteiger partial charge in [-0.3, -0.25) is 4.79 Å². The fourth-order valence-corrected chi connectivity index (χ4v) is 2.04. The first kappa shape index (κ1) is 18.8. The maximum atomic E-state index is 13.0. The molecule has 2 atom stereocenters. The van der Waals surface area contributed by atoms with Gasteiger partial charge < -0.3 is 16.0 Å². The fourth-order valence-electron chi connectivity index (χ4n) is 2.04. The van der Waals surface area contributed by atoms with Crippen LogP contribution < -0.4 is 16.0 Å². The standard InChI is InChI=1S/C15H20F3N3O2/c1-4-19-13(22)10(3)21-14(23)20-9(2)11-7-5-6-8-12(11)15(16,17)18/h5-10H,4H2,1-3H3,(H,19,22)(H2,20,21,23)/t9-,10-/m0/s1. The molecule has 3 amide bonds. The summed E-state index contributed by atoms with van der Waals surface area (Å²) in [4.78, 5) is 23.3. The zero-order chi connectivity index (χ0) is 17.6. The molecule has 0 aromatic heterocycles. The molecule has 8 heteroatoms. The maximum absolute atomic E-state index is 13.0. The summed E-state index contributed by atoms with van der Waals surface area (Å²) < 4.78 is 38.9. The Morgan fingerprint density at radius 3 is 2.30 bits per heavy atom. The Morgan fingerprint density at radius 2 is 1.74 bits per heavy atom. The fraction of sp³-hybridized carbons (Fsp3) is 0.467. The van der Waals surface area contributed by atoms with Crippen molar-refractivity contribution < 1.29 is 22.8 Å². The molecule has 0 fully saturated rings. The molecule has 0 spiro atoms. The molecule has 0 aliphatic carbocycles. The Bertz CT molecular complexity index is 561. The second-order valence-corrected chi connectivity index (χ2v) is 5.04. The van der Waals surface area contributed by atoms with E-state index in [0.717, 1.165) is 6.07 Å². The zero-order valence-electron chi connectivity index (χ0n) is 13.1. The van der Waals surface area contributed by atoms with Crippen LogP contribution in [-0.2, 0) is 11.0 Å². The molecule has 3 N–H and O–H groups in total. The Morgan fingerprint density at radius 1 is 1.13 bits per heavy atom. The van der Waals surface area contributed by atoms with E-state index in [1.807, 2.05) is 0 Å². The van der Waals surface area contributed by atoms with Crippen molar-refractivity contribution in [2.75, 3.05) is 6.54 Å². The molecule has 0 aliphatic rings. The normalized spacial score (nSPS) is 13.8. The average molecular weight is 331 g/mol. The van der Waals surface area contributed by atoms with E-state index in [1.54, 1.807) is 6.92 Å². The third kappa shape index (κ3) is 5.46. The molecule has 1 aromatic carbocycles. The SMILES string of the molecule is CCNC(=O)[C@H](C)NC(=O)N[C@@H](C)c1ccccc1C(F)(F)F. The minimum Gasteiger partial charge on any atom is -0.355 e. The molecule has 0 radical (unpaired) electrons. The van der Waals surface area contributed by atoms with Crippen LogP contribution in [0.2, 0.25) is 0 Å². The van der Waals surface area contributed by atoms with E-state index in [1.165, 1.54) is 32.0 Å². The number of likely N-dealkylation sites (N-methyl/N-ethyl adjacent to an activating group) is 1. The summed E-state index contributed by atoms with van der Waals surface area (Å²) in [5, 5.41) is 7.32. The van der Waals surface area contributed by atoms with Gasteiger partial charge in [-0.25, -0.2) is 4.79 Å². The Labute approximate surface area is 132 Å². The number of carbonyl (C=O) groups is 2. The lowest BCUT2D eigenvalue weighted by molar-refractivity contribution is -0.138. The van der Waals surface area contributed by atoms with E-state index >= 15 is 0 Å². The number of carbonyl (C=O) groups excluding carboxylic acids is 2. The molecule has 1 aromatic rings. The highest BCUT2D eigenvalue weighted by molar-refractivity contribution is 5.86. The lowest BCUT2D eigenvalue weighted by Gasteiger charge is -2.21. The minimum absolute atomic E-state index is 0.0409. The Hall–Kier alpha value is -2.25. The van der Waals surface area contributed by atoms with Crippen molar-refractivity contribution >= 4 is 11.9 Å². The summed E-state index contributed by atoms with van der Waals surface area (Å²) in [6.45, 7) is 5.09. The summed E-state index contributed by atoms with van der Waals surface area (Å²) in [7, 11) is 0. The van der Waals surface area contributed by atoms with Crippen molar-refractivity contribution in [1.82, 2.24) is 16.0 Å². The van der Waals surface area contributed by atoms with Gasteiger partial charge in [0.1, 0.15) is 6.04 Å². The van der Waals surface area contributed by atoms with Gasteiger partial charge in [0.05, 0.1) is 11.6 Å². The lowest BCUT2D eigenvalue weighted by atomic mass is 10.0. The van der Waals surface area contributed by atoms with Gasteiger partial charge in [-0.05, 0) is 32.4 Å². The van der Waals surface area contributed by atoms with E-state index in [4.69, 9.17) is 0 Å². The topological polar surface area (TPSA) is 70.2 Å². The largest absolute Gasteiger partial charge is 0.416 e. The first-order valence-corrected chi connectivity index (χ1v) is 7.17. The van der Waals surface area contributed by atoms with Crippen LogP contribution in [-0.4, -0.2) is 24.5 Å². The van der Waals surface area contributed by atoms with Crippen LogP contribution >= 0.6 is 0 Å². The van der Waals surface area contributed by atoms with Crippen molar-refractivity contribution in [2.45, 2.75) is 39.0 Å². The van der Waals surface area contributed by atoms with Gasteiger partial charge in [0, 0.05) is 6.54 Å². The molecule has 0 aliphatic heterocycles. The van der Waals surface area contributed by atoms with E-state index in [-0.39, 0.29) is 11.5 Å². The van der Waals surface area contributed by atoms with Crippen LogP contribution in [0.3, 0.4) is 0 Å². The summed E-state index contributed by atoms with van der Waals surface area (Å²) in [5.74, 6) is -0.369. The Kier molecular flexibility index (Phi) is 6.41. The second-order valence-electron chi connectivity index (χ2n) is 5.04. The van der Waals surface area contributed by atoms with Crippen molar-refractivity contribution in [3.63, 3.8) is 0 Å². The number of urea groups is 1. The van der Waals surface area contributed by atoms with Crippen molar-refractivity contribution in [3.8, 4) is 0 Å². The maximum Gasteiger partial charge on any atom is 0.416 e. The first-order chi connectivity index (χ1) is 10.7. The summed E-state index contributed by atoms with van der Waals surface area (Å²) in [6, 6.07) is 2.65. The molecule has 23 heavy (non-hydrogen) atoms. The molecule has 0 saturated heterocycles. The highest BCUT2D eigenvalue weighted by Gasteiger charge is 2.34. The van der Waals surface area contributed by atoms with E-state index < -0.39 is 29.9 Å². The van der Waals surface area contributed by atoms with Crippen molar-refractivity contribution in [2.24, 2.45) is 0 Å². The zero-order valence-corrected chi connectivity index (χ0v) is 13.1. The van der Waals surface area contributed by atoms with Crippen LogP contribution in [0.4, 0.5) is 18.0 Å². The van der Waals surface area contributed by atoms with Crippen LogP contribution in [0.25, 0.3) is 0 Å². The Balaban J connectivity index is 2.75. The molecular weight excluding hydrogens is 311 g/mol. The van der Waals surface area contributed by atoms with Crippen molar-refractivity contribution in [1.29, 1.82) is 0 Å². The average Bonchev–Trinajstić information content (AvgIpc) is 2.46. The monoisotopic (exact) mass is 331 g/mol. The molecular formula is C15H20F3N3O2.